The largest absolute Gasteiger partial charge is 0.369 e. The molecule has 1 aromatic rings. The van der Waals surface area contributed by atoms with Gasteiger partial charge < -0.3 is 15.5 Å². The highest BCUT2D eigenvalue weighted by molar-refractivity contribution is 5.79. The summed E-state index contributed by atoms with van der Waals surface area (Å²) >= 11 is 0. The number of para-hydroxylation sites is 1. The van der Waals surface area contributed by atoms with Crippen molar-refractivity contribution < 1.29 is 0 Å². The van der Waals surface area contributed by atoms with Crippen LogP contribution in [0, 0.1) is 5.92 Å². The van der Waals surface area contributed by atoms with Crippen LogP contribution in [0.3, 0.4) is 0 Å². The molecule has 0 aromatic heterocycles. The van der Waals surface area contributed by atoms with Gasteiger partial charge >= 0.3 is 0 Å². The second-order valence-electron chi connectivity index (χ2n) is 7.48. The smallest absolute Gasteiger partial charge is 0.190 e. The second kappa shape index (κ2) is 11.8. The van der Waals surface area contributed by atoms with E-state index in [0.29, 0.717) is 0 Å². The molecule has 2 rings (SSSR count). The van der Waals surface area contributed by atoms with Gasteiger partial charge in [0.2, 0.25) is 0 Å². The highest BCUT2D eigenvalue weighted by Crippen LogP contribution is 2.15. The van der Waals surface area contributed by atoms with Crippen LogP contribution in [-0.2, 0) is 0 Å². The molecule has 2 N–H and O–H groups in total. The molecule has 0 amide bonds. The van der Waals surface area contributed by atoms with Gasteiger partial charge in [-0.25, -0.2) is 0 Å². The maximum Gasteiger partial charge on any atom is 0.190 e. The first-order chi connectivity index (χ1) is 12.7. The molecule has 0 atom stereocenters. The van der Waals surface area contributed by atoms with E-state index in [1.807, 2.05) is 7.05 Å². The zero-order chi connectivity index (χ0) is 18.6. The van der Waals surface area contributed by atoms with Gasteiger partial charge in [-0.3, -0.25) is 9.89 Å². The molecule has 1 aliphatic heterocycles. The molecule has 1 heterocycles. The Morgan fingerprint density at radius 2 is 1.69 bits per heavy atom. The van der Waals surface area contributed by atoms with Gasteiger partial charge in [-0.05, 0) is 43.9 Å². The van der Waals surface area contributed by atoms with Crippen LogP contribution in [0.2, 0.25) is 0 Å². The van der Waals surface area contributed by atoms with Crippen molar-refractivity contribution in [2.75, 3.05) is 57.8 Å². The average Bonchev–Trinajstić information content (AvgIpc) is 2.67. The normalized spacial score (nSPS) is 16.2. The fourth-order valence-corrected chi connectivity index (χ4v) is 3.24. The van der Waals surface area contributed by atoms with Crippen LogP contribution >= 0.6 is 0 Å². The van der Waals surface area contributed by atoms with Gasteiger partial charge in [-0.2, -0.15) is 0 Å². The van der Waals surface area contributed by atoms with E-state index in [9.17, 15) is 0 Å². The Balaban J connectivity index is 1.53. The molecule has 26 heavy (non-hydrogen) atoms. The summed E-state index contributed by atoms with van der Waals surface area (Å²) in [4.78, 5) is 9.37. The third-order valence-electron chi connectivity index (χ3n) is 4.92. The van der Waals surface area contributed by atoms with E-state index in [2.05, 4.69) is 69.6 Å². The van der Waals surface area contributed by atoms with Gasteiger partial charge in [0.15, 0.2) is 5.96 Å². The first kappa shape index (κ1) is 20.6. The number of guanidine groups is 1. The lowest BCUT2D eigenvalue weighted by Crippen LogP contribution is -2.46. The van der Waals surface area contributed by atoms with Crippen LogP contribution in [0.1, 0.15) is 33.1 Å². The SMILES string of the molecule is CN=C(NCCCCN1CCN(c2ccccc2)CC1)NCCC(C)C. The zero-order valence-corrected chi connectivity index (χ0v) is 16.9. The van der Waals surface area contributed by atoms with Gasteiger partial charge in [0.25, 0.3) is 0 Å². The summed E-state index contributed by atoms with van der Waals surface area (Å²) in [6.07, 6.45) is 3.60. The van der Waals surface area contributed by atoms with Crippen LogP contribution in [-0.4, -0.2) is 63.7 Å². The molecule has 5 heteroatoms. The van der Waals surface area contributed by atoms with Crippen LogP contribution in [0.25, 0.3) is 0 Å². The number of rotatable bonds is 9. The molecular weight excluding hydrogens is 322 g/mol. The van der Waals surface area contributed by atoms with Crippen molar-refractivity contribution in [1.29, 1.82) is 0 Å². The first-order valence-electron chi connectivity index (χ1n) is 10.2. The quantitative estimate of drug-likeness (QED) is 0.404. The molecule has 5 nitrogen and oxygen atoms in total. The summed E-state index contributed by atoms with van der Waals surface area (Å²) in [7, 11) is 1.84. The maximum absolute atomic E-state index is 4.29. The van der Waals surface area contributed by atoms with Gasteiger partial charge in [0.1, 0.15) is 0 Å². The topological polar surface area (TPSA) is 42.9 Å². The van der Waals surface area contributed by atoms with Crippen LogP contribution < -0.4 is 15.5 Å². The first-order valence-corrected chi connectivity index (χ1v) is 10.2. The summed E-state index contributed by atoms with van der Waals surface area (Å²) in [5.41, 5.74) is 1.35. The van der Waals surface area contributed by atoms with Crippen LogP contribution in [0.5, 0.6) is 0 Å². The molecule has 0 aliphatic carbocycles. The molecule has 1 aliphatic rings. The molecule has 0 radical (unpaired) electrons. The highest BCUT2D eigenvalue weighted by atomic mass is 15.3. The molecule has 0 unspecified atom stereocenters. The van der Waals surface area contributed by atoms with Crippen molar-refractivity contribution in [3.8, 4) is 0 Å². The van der Waals surface area contributed by atoms with Crippen LogP contribution in [0.15, 0.2) is 35.3 Å². The standard InChI is InChI=1S/C21H37N5/c1-19(2)11-13-24-21(22-3)23-12-7-8-14-25-15-17-26(18-16-25)20-9-5-4-6-10-20/h4-6,9-10,19H,7-8,11-18H2,1-3H3,(H2,22,23,24). The number of nitrogens with zero attached hydrogens (tertiary/aromatic N) is 3. The molecule has 0 spiro atoms. The fraction of sp³-hybridized carbons (Fsp3) is 0.667. The minimum Gasteiger partial charge on any atom is -0.369 e. The predicted molar refractivity (Wildman–Crippen MR) is 113 cm³/mol. The Kier molecular flexibility index (Phi) is 9.32. The summed E-state index contributed by atoms with van der Waals surface area (Å²) < 4.78 is 0. The Morgan fingerprint density at radius 1 is 1.00 bits per heavy atom. The fourth-order valence-electron chi connectivity index (χ4n) is 3.24. The third kappa shape index (κ3) is 7.65. The predicted octanol–water partition coefficient (Wildman–Crippen LogP) is 2.80. The summed E-state index contributed by atoms with van der Waals surface area (Å²) in [5, 5.41) is 6.81. The van der Waals surface area contributed by atoms with E-state index in [1.54, 1.807) is 0 Å². The van der Waals surface area contributed by atoms with Crippen molar-refractivity contribution in [2.24, 2.45) is 10.9 Å². The van der Waals surface area contributed by atoms with E-state index >= 15 is 0 Å². The second-order valence-corrected chi connectivity index (χ2v) is 7.48. The van der Waals surface area contributed by atoms with E-state index in [1.165, 1.54) is 44.6 Å². The van der Waals surface area contributed by atoms with Crippen molar-refractivity contribution in [3.05, 3.63) is 30.3 Å². The summed E-state index contributed by atoms with van der Waals surface area (Å²) in [5.74, 6) is 1.66. The van der Waals surface area contributed by atoms with Crippen molar-refractivity contribution >= 4 is 11.6 Å². The number of benzene rings is 1. The van der Waals surface area contributed by atoms with E-state index in [-0.39, 0.29) is 0 Å². The summed E-state index contributed by atoms with van der Waals surface area (Å²) in [6.45, 7) is 12.3. The van der Waals surface area contributed by atoms with E-state index in [4.69, 9.17) is 0 Å². The minimum atomic E-state index is 0.725. The van der Waals surface area contributed by atoms with Gasteiger partial charge in [0.05, 0.1) is 0 Å². The van der Waals surface area contributed by atoms with Crippen molar-refractivity contribution in [1.82, 2.24) is 15.5 Å². The molecule has 0 saturated carbocycles. The lowest BCUT2D eigenvalue weighted by atomic mass is 10.1. The number of nitrogens with one attached hydrogen (secondary N) is 2. The number of anilines is 1. The molecule has 1 fully saturated rings. The molecule has 146 valence electrons. The van der Waals surface area contributed by atoms with E-state index < -0.39 is 0 Å². The zero-order valence-electron chi connectivity index (χ0n) is 16.9. The van der Waals surface area contributed by atoms with E-state index in [0.717, 1.165) is 38.1 Å². The molecule has 0 bridgehead atoms. The molecular formula is C21H37N5. The Labute approximate surface area is 159 Å². The summed E-state index contributed by atoms with van der Waals surface area (Å²) in [6, 6.07) is 10.8. The Hall–Kier alpha value is -1.75. The molecule has 1 saturated heterocycles. The minimum absolute atomic E-state index is 0.725. The number of unbranched alkanes of at least 4 members (excludes halogenated alkanes) is 1. The van der Waals surface area contributed by atoms with Gasteiger partial charge in [-0.15, -0.1) is 0 Å². The molecule has 1 aromatic carbocycles. The number of piperazine rings is 1. The monoisotopic (exact) mass is 359 g/mol. The number of hydrogen-bond acceptors (Lipinski definition) is 3. The Bertz CT molecular complexity index is 506. The highest BCUT2D eigenvalue weighted by Gasteiger charge is 2.16. The lowest BCUT2D eigenvalue weighted by molar-refractivity contribution is 0.253. The van der Waals surface area contributed by atoms with Crippen LogP contribution in [0.4, 0.5) is 5.69 Å². The third-order valence-corrected chi connectivity index (χ3v) is 4.92. The average molecular weight is 360 g/mol. The maximum atomic E-state index is 4.29. The van der Waals surface area contributed by atoms with Crippen molar-refractivity contribution in [2.45, 2.75) is 33.1 Å². The van der Waals surface area contributed by atoms with Gasteiger partial charge in [-0.1, -0.05) is 32.0 Å². The number of hydrogen-bond donors (Lipinski definition) is 2. The Morgan fingerprint density at radius 3 is 2.35 bits per heavy atom. The van der Waals surface area contributed by atoms with Crippen molar-refractivity contribution in [3.63, 3.8) is 0 Å². The lowest BCUT2D eigenvalue weighted by Gasteiger charge is -2.36. The number of aliphatic imine (C=N–C) groups is 1. The van der Waals surface area contributed by atoms with Gasteiger partial charge in [0, 0.05) is 52.0 Å².